The third-order valence-electron chi connectivity index (χ3n) is 6.11. The second-order valence-electron chi connectivity index (χ2n) is 8.23. The first-order valence-corrected chi connectivity index (χ1v) is 12.7. The summed E-state index contributed by atoms with van der Waals surface area (Å²) in [5.41, 5.74) is 0.317. The van der Waals surface area contributed by atoms with Crippen LogP contribution in [0.2, 0.25) is 0 Å². The van der Waals surface area contributed by atoms with Gasteiger partial charge in [-0.05, 0) is 63.9 Å². The Hall–Kier alpha value is -1.68. The second kappa shape index (κ2) is 11.3. The van der Waals surface area contributed by atoms with Crippen LogP contribution in [-0.2, 0) is 14.8 Å². The van der Waals surface area contributed by atoms with Crippen molar-refractivity contribution in [3.05, 3.63) is 23.8 Å². The number of nitrogens with zero attached hydrogens (tertiary/aromatic N) is 2. The molecule has 0 bridgehead atoms. The number of nitrogens with one attached hydrogen (secondary N) is 1. The molecule has 31 heavy (non-hydrogen) atoms. The van der Waals surface area contributed by atoms with Crippen LogP contribution >= 0.6 is 0 Å². The van der Waals surface area contributed by atoms with Crippen LogP contribution in [0.3, 0.4) is 0 Å². The molecule has 0 aromatic heterocycles. The summed E-state index contributed by atoms with van der Waals surface area (Å²) >= 11 is 0. The van der Waals surface area contributed by atoms with E-state index in [1.54, 1.807) is 12.1 Å². The molecule has 174 valence electrons. The molecule has 1 unspecified atom stereocenters. The lowest BCUT2D eigenvalue weighted by molar-refractivity contribution is 0.0729. The van der Waals surface area contributed by atoms with Crippen LogP contribution in [0.25, 0.3) is 0 Å². The molecule has 2 aliphatic heterocycles. The fourth-order valence-electron chi connectivity index (χ4n) is 4.18. The van der Waals surface area contributed by atoms with E-state index in [9.17, 15) is 13.2 Å². The molecule has 1 atom stereocenters. The zero-order valence-electron chi connectivity index (χ0n) is 18.6. The van der Waals surface area contributed by atoms with E-state index in [1.807, 2.05) is 0 Å². The molecule has 1 aromatic rings. The van der Waals surface area contributed by atoms with Crippen molar-refractivity contribution in [3.8, 4) is 5.75 Å². The minimum atomic E-state index is -3.76. The Balaban J connectivity index is 1.56. The van der Waals surface area contributed by atoms with Gasteiger partial charge in [0.15, 0.2) is 0 Å². The summed E-state index contributed by atoms with van der Waals surface area (Å²) < 4.78 is 38.0. The summed E-state index contributed by atoms with van der Waals surface area (Å²) in [6.07, 6.45) is 5.78. The number of hydrogen-bond donors (Lipinski definition) is 1. The molecule has 0 spiro atoms. The maximum absolute atomic E-state index is 13.1. The third kappa shape index (κ3) is 6.19. The summed E-state index contributed by atoms with van der Waals surface area (Å²) in [5, 5.41) is 2.92. The maximum Gasteiger partial charge on any atom is 0.251 e. The summed E-state index contributed by atoms with van der Waals surface area (Å²) in [4.78, 5) is 15.2. The topological polar surface area (TPSA) is 88.2 Å². The van der Waals surface area contributed by atoms with Gasteiger partial charge in [0.2, 0.25) is 10.0 Å². The van der Waals surface area contributed by atoms with Crippen molar-refractivity contribution in [1.29, 1.82) is 0 Å². The highest BCUT2D eigenvalue weighted by atomic mass is 32.2. The van der Waals surface area contributed by atoms with Crippen LogP contribution in [0, 0.1) is 0 Å². The molecular weight excluding hydrogens is 418 g/mol. The van der Waals surface area contributed by atoms with E-state index in [0.29, 0.717) is 31.4 Å². The number of morpholine rings is 1. The number of hydrogen-bond acceptors (Lipinski definition) is 6. The highest BCUT2D eigenvalue weighted by molar-refractivity contribution is 7.89. The fourth-order valence-corrected chi connectivity index (χ4v) is 5.77. The number of carbonyl (C=O) groups is 1. The van der Waals surface area contributed by atoms with E-state index in [-0.39, 0.29) is 29.6 Å². The number of likely N-dealkylation sites (tertiary alicyclic amines) is 1. The van der Waals surface area contributed by atoms with E-state index in [4.69, 9.17) is 9.47 Å². The quantitative estimate of drug-likeness (QED) is 0.576. The van der Waals surface area contributed by atoms with Gasteiger partial charge >= 0.3 is 0 Å². The van der Waals surface area contributed by atoms with Gasteiger partial charge in [0, 0.05) is 31.2 Å². The van der Waals surface area contributed by atoms with Crippen molar-refractivity contribution in [2.45, 2.75) is 50.0 Å². The average Bonchev–Trinajstić information content (AvgIpc) is 2.80. The molecule has 1 aromatic carbocycles. The average molecular weight is 454 g/mol. The molecule has 3 rings (SSSR count). The van der Waals surface area contributed by atoms with E-state index in [1.165, 1.54) is 43.3 Å². The Kier molecular flexibility index (Phi) is 8.71. The van der Waals surface area contributed by atoms with Gasteiger partial charge in [0.25, 0.3) is 5.91 Å². The zero-order chi connectivity index (χ0) is 22.3. The molecule has 2 fully saturated rings. The highest BCUT2D eigenvalue weighted by Crippen LogP contribution is 2.28. The van der Waals surface area contributed by atoms with Gasteiger partial charge in [-0.3, -0.25) is 4.79 Å². The monoisotopic (exact) mass is 453 g/mol. The van der Waals surface area contributed by atoms with Gasteiger partial charge in [-0.25, -0.2) is 8.42 Å². The number of ether oxygens (including phenoxy) is 2. The van der Waals surface area contributed by atoms with Gasteiger partial charge in [-0.2, -0.15) is 4.31 Å². The Morgan fingerprint density at radius 2 is 1.97 bits per heavy atom. The lowest BCUT2D eigenvalue weighted by Crippen LogP contribution is -2.40. The van der Waals surface area contributed by atoms with Gasteiger partial charge < -0.3 is 19.7 Å². The number of amides is 1. The van der Waals surface area contributed by atoms with Crippen LogP contribution in [0.15, 0.2) is 23.1 Å². The first-order valence-electron chi connectivity index (χ1n) is 11.2. The molecule has 2 aliphatic rings. The van der Waals surface area contributed by atoms with Crippen molar-refractivity contribution < 1.29 is 22.7 Å². The molecule has 1 amide bonds. The molecule has 9 heteroatoms. The van der Waals surface area contributed by atoms with Gasteiger partial charge in [0.05, 0.1) is 20.3 Å². The number of rotatable bonds is 9. The summed E-state index contributed by atoms with van der Waals surface area (Å²) in [6.45, 7) is 6.37. The van der Waals surface area contributed by atoms with E-state index < -0.39 is 10.0 Å². The number of benzene rings is 1. The Morgan fingerprint density at radius 3 is 2.68 bits per heavy atom. The lowest BCUT2D eigenvalue weighted by atomic mass is 10.0. The first-order chi connectivity index (χ1) is 14.9. The maximum atomic E-state index is 13.1. The first kappa shape index (κ1) is 24.0. The second-order valence-corrected chi connectivity index (χ2v) is 10.1. The van der Waals surface area contributed by atoms with Crippen LogP contribution < -0.4 is 10.1 Å². The number of sulfonamides is 1. The molecule has 0 aliphatic carbocycles. The lowest BCUT2D eigenvalue weighted by Gasteiger charge is -2.33. The van der Waals surface area contributed by atoms with Gasteiger partial charge in [0.1, 0.15) is 10.6 Å². The van der Waals surface area contributed by atoms with Crippen molar-refractivity contribution in [1.82, 2.24) is 14.5 Å². The summed E-state index contributed by atoms with van der Waals surface area (Å²) in [7, 11) is -2.34. The highest BCUT2D eigenvalue weighted by Gasteiger charge is 2.30. The molecule has 0 radical (unpaired) electrons. The molecule has 2 heterocycles. The van der Waals surface area contributed by atoms with E-state index >= 15 is 0 Å². The summed E-state index contributed by atoms with van der Waals surface area (Å²) in [5.74, 6) is -0.0360. The third-order valence-corrected chi connectivity index (χ3v) is 8.03. The molecule has 0 saturated carbocycles. The summed E-state index contributed by atoms with van der Waals surface area (Å²) in [6, 6.07) is 5.20. The fraction of sp³-hybridized carbons (Fsp3) is 0.682. The number of carbonyl (C=O) groups excluding carboxylic acids is 1. The van der Waals surface area contributed by atoms with Crippen LogP contribution in [0.1, 0.15) is 49.4 Å². The predicted molar refractivity (Wildman–Crippen MR) is 119 cm³/mol. The van der Waals surface area contributed by atoms with Crippen molar-refractivity contribution in [2.24, 2.45) is 0 Å². The number of unbranched alkanes of at least 4 members (excludes halogenated alkanes) is 1. The van der Waals surface area contributed by atoms with Gasteiger partial charge in [-0.15, -0.1) is 0 Å². The van der Waals surface area contributed by atoms with E-state index in [2.05, 4.69) is 17.1 Å². The predicted octanol–water partition coefficient (Wildman–Crippen LogP) is 2.10. The number of methoxy groups -OCH3 is 1. The van der Waals surface area contributed by atoms with Crippen LogP contribution in [-0.4, -0.2) is 82.6 Å². The molecule has 2 saturated heterocycles. The molecule has 8 nitrogen and oxygen atoms in total. The Bertz CT molecular complexity index is 840. The van der Waals surface area contributed by atoms with E-state index in [0.717, 1.165) is 19.4 Å². The Morgan fingerprint density at radius 1 is 1.19 bits per heavy atom. The smallest absolute Gasteiger partial charge is 0.251 e. The minimum absolute atomic E-state index is 0.0173. The van der Waals surface area contributed by atoms with Crippen molar-refractivity contribution >= 4 is 15.9 Å². The van der Waals surface area contributed by atoms with Crippen molar-refractivity contribution in [3.63, 3.8) is 0 Å². The van der Waals surface area contributed by atoms with Crippen molar-refractivity contribution in [2.75, 3.05) is 53.0 Å². The number of piperidine rings is 1. The molecule has 1 N–H and O–H groups in total. The molecular formula is C22H35N3O5S. The Labute approximate surface area is 185 Å². The zero-order valence-corrected chi connectivity index (χ0v) is 19.5. The van der Waals surface area contributed by atoms with Crippen LogP contribution in [0.4, 0.5) is 0 Å². The van der Waals surface area contributed by atoms with Crippen LogP contribution in [0.5, 0.6) is 5.75 Å². The van der Waals surface area contributed by atoms with Gasteiger partial charge in [-0.1, -0.05) is 6.42 Å². The standard InChI is InChI=1S/C22H35N3O5S/c1-18-7-3-5-11-24(18)12-6-4-10-23-22(26)19-8-9-20(29-2)21(17-19)31(27,28)25-13-15-30-16-14-25/h8-9,17-18H,3-7,10-16H2,1-2H3,(H,23,26). The SMILES string of the molecule is COc1ccc(C(=O)NCCCCN2CCCCC2C)cc1S(=O)(=O)N1CCOCC1. The normalized spacial score (nSPS) is 21.0. The largest absolute Gasteiger partial charge is 0.495 e. The minimum Gasteiger partial charge on any atom is -0.495 e.